The van der Waals surface area contributed by atoms with Crippen LogP contribution in [0.4, 0.5) is 0 Å². The topological polar surface area (TPSA) is 48.0 Å². The van der Waals surface area contributed by atoms with Crippen molar-refractivity contribution in [3.05, 3.63) is 18.2 Å². The fourth-order valence-electron chi connectivity index (χ4n) is 1.77. The van der Waals surface area contributed by atoms with Gasteiger partial charge in [0.15, 0.2) is 0 Å². The minimum absolute atomic E-state index is 0.583. The van der Waals surface area contributed by atoms with Gasteiger partial charge in [0.1, 0.15) is 22.5 Å². The van der Waals surface area contributed by atoms with Gasteiger partial charge in [-0.1, -0.05) is 0 Å². The summed E-state index contributed by atoms with van der Waals surface area (Å²) < 4.78 is 30.0. The van der Waals surface area contributed by atoms with Crippen LogP contribution < -0.4 is 9.47 Å². The van der Waals surface area contributed by atoms with Crippen LogP contribution in [0.2, 0.25) is 0 Å². The average Bonchev–Trinajstić information content (AvgIpc) is 2.46. The Morgan fingerprint density at radius 3 is 2.56 bits per heavy atom. The summed E-state index contributed by atoms with van der Waals surface area (Å²) in [7, 11) is 1.94. The van der Waals surface area contributed by atoms with Gasteiger partial charge in [-0.15, -0.1) is 0 Å². The Hall–Kier alpha value is -1.11. The molecule has 0 unspecified atom stereocenters. The second-order valence-corrected chi connectivity index (χ2v) is 5.26. The number of rotatable bonds is 4. The first-order valence-corrected chi connectivity index (χ1v) is 6.83. The highest BCUT2D eigenvalue weighted by Gasteiger charge is 2.21. The van der Waals surface area contributed by atoms with Crippen LogP contribution in [-0.2, 0) is 15.7 Å². The average molecular weight is 271 g/mol. The summed E-state index contributed by atoms with van der Waals surface area (Å²) in [6.07, 6.45) is 0. The molecule has 1 aliphatic heterocycles. The third-order valence-corrected chi connectivity index (χ3v) is 4.31. The Morgan fingerprint density at radius 1 is 1.22 bits per heavy atom. The van der Waals surface area contributed by atoms with Gasteiger partial charge in [-0.05, 0) is 12.1 Å². The zero-order valence-corrected chi connectivity index (χ0v) is 11.4. The van der Waals surface area contributed by atoms with E-state index in [-0.39, 0.29) is 0 Å². The van der Waals surface area contributed by atoms with Crippen LogP contribution in [0.15, 0.2) is 23.1 Å². The van der Waals surface area contributed by atoms with E-state index in [4.69, 9.17) is 14.2 Å². The zero-order valence-electron chi connectivity index (χ0n) is 10.5. The molecular weight excluding hydrogens is 254 g/mol. The summed E-state index contributed by atoms with van der Waals surface area (Å²) in [5.74, 6) is 1.27. The summed E-state index contributed by atoms with van der Waals surface area (Å²) in [6, 6.07) is 5.31. The smallest absolute Gasteiger partial charge is 0.140 e. The number of morpholine rings is 1. The van der Waals surface area contributed by atoms with Gasteiger partial charge in [0, 0.05) is 19.2 Å². The van der Waals surface area contributed by atoms with E-state index in [2.05, 4.69) is 0 Å². The monoisotopic (exact) mass is 271 g/mol. The van der Waals surface area contributed by atoms with Crippen LogP contribution in [0.3, 0.4) is 0 Å². The Labute approximate surface area is 109 Å². The Kier molecular flexibility index (Phi) is 4.57. The molecule has 0 N–H and O–H groups in total. The van der Waals surface area contributed by atoms with Gasteiger partial charge >= 0.3 is 0 Å². The molecule has 1 heterocycles. The quantitative estimate of drug-likeness (QED) is 0.821. The van der Waals surface area contributed by atoms with Gasteiger partial charge in [-0.25, -0.2) is 8.51 Å². The summed E-state index contributed by atoms with van der Waals surface area (Å²) in [5, 5.41) is 0. The van der Waals surface area contributed by atoms with Crippen molar-refractivity contribution in [2.75, 3.05) is 40.5 Å². The molecule has 1 aromatic carbocycles. The van der Waals surface area contributed by atoms with Gasteiger partial charge < -0.3 is 14.2 Å². The maximum Gasteiger partial charge on any atom is 0.140 e. The lowest BCUT2D eigenvalue weighted by atomic mass is 10.3. The fourth-order valence-corrected chi connectivity index (χ4v) is 3.03. The molecule has 0 spiro atoms. The van der Waals surface area contributed by atoms with Crippen molar-refractivity contribution in [2.45, 2.75) is 4.90 Å². The van der Waals surface area contributed by atoms with E-state index in [1.54, 1.807) is 32.4 Å². The summed E-state index contributed by atoms with van der Waals surface area (Å²) >= 11 is 0. The van der Waals surface area contributed by atoms with E-state index < -0.39 is 11.0 Å². The Bertz CT molecular complexity index is 432. The van der Waals surface area contributed by atoms with Crippen LogP contribution in [0.25, 0.3) is 0 Å². The highest BCUT2D eigenvalue weighted by molar-refractivity contribution is 7.82. The first-order chi connectivity index (χ1) is 8.76. The number of benzene rings is 1. The number of hydrogen-bond donors (Lipinski definition) is 0. The minimum Gasteiger partial charge on any atom is -0.497 e. The lowest BCUT2D eigenvalue weighted by Crippen LogP contribution is -2.37. The molecular formula is C12H17NO4S. The molecule has 0 bridgehead atoms. The third-order valence-electron chi connectivity index (χ3n) is 2.76. The van der Waals surface area contributed by atoms with Gasteiger partial charge in [0.05, 0.1) is 32.3 Å². The second-order valence-electron chi connectivity index (χ2n) is 3.81. The molecule has 1 saturated heterocycles. The van der Waals surface area contributed by atoms with Gasteiger partial charge in [0.25, 0.3) is 0 Å². The van der Waals surface area contributed by atoms with Gasteiger partial charge in [-0.3, -0.25) is 0 Å². The van der Waals surface area contributed by atoms with Crippen molar-refractivity contribution in [1.82, 2.24) is 4.31 Å². The van der Waals surface area contributed by atoms with E-state index in [1.807, 2.05) is 4.31 Å². The number of nitrogens with zero attached hydrogens (tertiary/aromatic N) is 1. The van der Waals surface area contributed by atoms with Crippen molar-refractivity contribution in [3.63, 3.8) is 0 Å². The van der Waals surface area contributed by atoms with Crippen LogP contribution in [0, 0.1) is 0 Å². The molecule has 0 radical (unpaired) electrons. The molecule has 1 fully saturated rings. The van der Waals surface area contributed by atoms with Crippen LogP contribution in [0.1, 0.15) is 0 Å². The first-order valence-electron chi connectivity index (χ1n) is 5.73. The summed E-state index contributed by atoms with van der Waals surface area (Å²) in [6.45, 7) is 2.57. The molecule has 0 aromatic heterocycles. The molecule has 1 atom stereocenters. The maximum atomic E-state index is 12.4. The largest absolute Gasteiger partial charge is 0.497 e. The van der Waals surface area contributed by atoms with E-state index in [0.717, 1.165) is 0 Å². The summed E-state index contributed by atoms with van der Waals surface area (Å²) in [4.78, 5) is 0.667. The molecule has 100 valence electrons. The molecule has 0 amide bonds. The van der Waals surface area contributed by atoms with Crippen molar-refractivity contribution in [1.29, 1.82) is 0 Å². The molecule has 5 nitrogen and oxygen atoms in total. The van der Waals surface area contributed by atoms with Crippen molar-refractivity contribution >= 4 is 11.0 Å². The van der Waals surface area contributed by atoms with Crippen LogP contribution in [-0.4, -0.2) is 49.0 Å². The molecule has 0 saturated carbocycles. The lowest BCUT2D eigenvalue weighted by molar-refractivity contribution is 0.0751. The standard InChI is InChI=1S/C12H17NO4S/c1-15-10-3-4-12(11(9-10)16-2)18(14)13-5-7-17-8-6-13/h3-4,9H,5-8H2,1-2H3/t18-/m0/s1. The van der Waals surface area contributed by atoms with Crippen LogP contribution in [0.5, 0.6) is 11.5 Å². The number of methoxy groups -OCH3 is 2. The predicted molar refractivity (Wildman–Crippen MR) is 68.3 cm³/mol. The van der Waals surface area contributed by atoms with Crippen LogP contribution >= 0.6 is 0 Å². The van der Waals surface area contributed by atoms with E-state index in [9.17, 15) is 4.21 Å². The minimum atomic E-state index is -1.22. The molecule has 1 aliphatic rings. The van der Waals surface area contributed by atoms with E-state index in [0.29, 0.717) is 42.7 Å². The third kappa shape index (κ3) is 2.82. The molecule has 2 rings (SSSR count). The Balaban J connectivity index is 2.23. The second kappa shape index (κ2) is 6.17. The van der Waals surface area contributed by atoms with E-state index >= 15 is 0 Å². The number of ether oxygens (including phenoxy) is 3. The molecule has 6 heteroatoms. The molecule has 0 aliphatic carbocycles. The first kappa shape index (κ1) is 13.3. The van der Waals surface area contributed by atoms with Crippen molar-refractivity contribution in [3.8, 4) is 11.5 Å². The molecule has 18 heavy (non-hydrogen) atoms. The highest BCUT2D eigenvalue weighted by atomic mass is 32.2. The van der Waals surface area contributed by atoms with Gasteiger partial charge in [-0.2, -0.15) is 0 Å². The molecule has 1 aromatic rings. The summed E-state index contributed by atoms with van der Waals surface area (Å²) in [5.41, 5.74) is 0. The lowest BCUT2D eigenvalue weighted by Gasteiger charge is -2.25. The van der Waals surface area contributed by atoms with Crippen molar-refractivity contribution in [2.24, 2.45) is 0 Å². The SMILES string of the molecule is COc1ccc([S@](=O)N2CCOCC2)c(OC)c1. The zero-order chi connectivity index (χ0) is 13.0. The van der Waals surface area contributed by atoms with Crippen molar-refractivity contribution < 1.29 is 18.4 Å². The normalized spacial score (nSPS) is 18.3. The predicted octanol–water partition coefficient (Wildman–Crippen LogP) is 1.06. The maximum absolute atomic E-state index is 12.4. The van der Waals surface area contributed by atoms with E-state index in [1.165, 1.54) is 0 Å². The fraction of sp³-hybridized carbons (Fsp3) is 0.500. The highest BCUT2D eigenvalue weighted by Crippen LogP contribution is 2.28. The van der Waals surface area contributed by atoms with Gasteiger partial charge in [0.2, 0.25) is 0 Å². The number of hydrogen-bond acceptors (Lipinski definition) is 4. The Morgan fingerprint density at radius 2 is 1.94 bits per heavy atom.